The van der Waals surface area contributed by atoms with Crippen LogP contribution in [0.25, 0.3) is 11.0 Å². The smallest absolute Gasteiger partial charge is 0.326 e. The van der Waals surface area contributed by atoms with E-state index < -0.39 is 30.3 Å². The van der Waals surface area contributed by atoms with Gasteiger partial charge in [0.25, 0.3) is 5.91 Å². The normalized spacial score (nSPS) is 11.8. The van der Waals surface area contributed by atoms with E-state index in [9.17, 15) is 14.4 Å². The second-order valence-corrected chi connectivity index (χ2v) is 4.19. The number of benzene rings is 1. The molecule has 0 aliphatic rings. The Bertz CT molecular complexity index is 711. The highest BCUT2D eigenvalue weighted by Crippen LogP contribution is 2.14. The summed E-state index contributed by atoms with van der Waals surface area (Å²) in [5, 5.41) is 19.7. The van der Waals surface area contributed by atoms with Gasteiger partial charge in [-0.05, 0) is 12.1 Å². The highest BCUT2D eigenvalue weighted by atomic mass is 16.4. The van der Waals surface area contributed by atoms with Crippen molar-refractivity contribution in [3.63, 3.8) is 0 Å². The minimum Gasteiger partial charge on any atom is -0.481 e. The van der Waals surface area contributed by atoms with E-state index in [1.165, 1.54) is 18.5 Å². The van der Waals surface area contributed by atoms with Gasteiger partial charge in [0.15, 0.2) is 0 Å². The van der Waals surface area contributed by atoms with Crippen molar-refractivity contribution in [3.8, 4) is 0 Å². The Morgan fingerprint density at radius 2 is 1.86 bits per heavy atom. The number of aromatic nitrogens is 2. The van der Waals surface area contributed by atoms with Crippen molar-refractivity contribution in [2.75, 3.05) is 0 Å². The average molecular weight is 289 g/mol. The van der Waals surface area contributed by atoms with Crippen LogP contribution in [-0.4, -0.2) is 44.1 Å². The summed E-state index contributed by atoms with van der Waals surface area (Å²) in [5.74, 6) is -3.45. The molecule has 3 N–H and O–H groups in total. The van der Waals surface area contributed by atoms with Gasteiger partial charge in [-0.15, -0.1) is 0 Å². The Labute approximate surface area is 118 Å². The fourth-order valence-electron chi connectivity index (χ4n) is 1.79. The van der Waals surface area contributed by atoms with E-state index in [-0.39, 0.29) is 5.56 Å². The molecule has 1 atom stereocenters. The molecule has 0 spiro atoms. The van der Waals surface area contributed by atoms with E-state index in [2.05, 4.69) is 15.3 Å². The number of hydrogen-bond donors (Lipinski definition) is 3. The summed E-state index contributed by atoms with van der Waals surface area (Å²) >= 11 is 0. The number of carbonyl (C=O) groups excluding carboxylic acids is 1. The molecule has 0 bridgehead atoms. The lowest BCUT2D eigenvalue weighted by molar-refractivity contribution is -0.145. The Morgan fingerprint density at radius 3 is 2.52 bits per heavy atom. The van der Waals surface area contributed by atoms with Crippen LogP contribution in [0.3, 0.4) is 0 Å². The van der Waals surface area contributed by atoms with Gasteiger partial charge in [0.2, 0.25) is 0 Å². The summed E-state index contributed by atoms with van der Waals surface area (Å²) in [4.78, 5) is 41.7. The van der Waals surface area contributed by atoms with E-state index in [1.807, 2.05) is 0 Å². The summed E-state index contributed by atoms with van der Waals surface area (Å²) < 4.78 is 0. The number of hydrogen-bond acceptors (Lipinski definition) is 5. The fraction of sp³-hybridized carbons (Fsp3) is 0.154. The molecule has 1 aromatic heterocycles. The van der Waals surface area contributed by atoms with Crippen LogP contribution in [0.1, 0.15) is 16.8 Å². The Morgan fingerprint density at radius 1 is 1.14 bits per heavy atom. The molecule has 2 aromatic rings. The first-order chi connectivity index (χ1) is 9.99. The summed E-state index contributed by atoms with van der Waals surface area (Å²) in [6.45, 7) is 0. The molecular weight excluding hydrogens is 278 g/mol. The minimum absolute atomic E-state index is 0.136. The molecule has 8 heteroatoms. The zero-order chi connectivity index (χ0) is 15.4. The molecule has 0 saturated carbocycles. The monoisotopic (exact) mass is 289 g/mol. The molecule has 108 valence electrons. The standard InChI is InChI=1S/C13H11N3O5/c17-10(18)6-9(13(20)21)16-12(19)7-2-1-3-8-11(7)15-5-4-14-8/h1-5,9H,6H2,(H,16,19)(H,17,18)(H,20,21)/t9-/m0/s1. The van der Waals surface area contributed by atoms with Crippen molar-refractivity contribution in [1.29, 1.82) is 0 Å². The van der Waals surface area contributed by atoms with Gasteiger partial charge in [0.05, 0.1) is 17.5 Å². The van der Waals surface area contributed by atoms with Crippen LogP contribution in [0.5, 0.6) is 0 Å². The molecule has 21 heavy (non-hydrogen) atoms. The van der Waals surface area contributed by atoms with Gasteiger partial charge >= 0.3 is 11.9 Å². The second-order valence-electron chi connectivity index (χ2n) is 4.19. The van der Waals surface area contributed by atoms with Gasteiger partial charge in [0, 0.05) is 12.4 Å². The van der Waals surface area contributed by atoms with E-state index in [0.717, 1.165) is 0 Å². The molecule has 1 amide bonds. The van der Waals surface area contributed by atoms with Gasteiger partial charge in [-0.25, -0.2) is 4.79 Å². The lowest BCUT2D eigenvalue weighted by Crippen LogP contribution is -2.42. The van der Waals surface area contributed by atoms with Crippen LogP contribution in [0.4, 0.5) is 0 Å². The predicted molar refractivity (Wildman–Crippen MR) is 70.7 cm³/mol. The number of aliphatic carboxylic acids is 2. The van der Waals surface area contributed by atoms with Crippen molar-refractivity contribution >= 4 is 28.9 Å². The number of fused-ring (bicyclic) bond motifs is 1. The van der Waals surface area contributed by atoms with Crippen molar-refractivity contribution in [1.82, 2.24) is 15.3 Å². The molecule has 0 radical (unpaired) electrons. The summed E-state index contributed by atoms with van der Waals surface area (Å²) in [7, 11) is 0. The van der Waals surface area contributed by atoms with Gasteiger partial charge < -0.3 is 15.5 Å². The van der Waals surface area contributed by atoms with E-state index in [1.54, 1.807) is 12.1 Å². The Kier molecular flexibility index (Phi) is 4.07. The maximum absolute atomic E-state index is 12.1. The van der Waals surface area contributed by atoms with E-state index in [4.69, 9.17) is 10.2 Å². The molecule has 0 aliphatic heterocycles. The largest absolute Gasteiger partial charge is 0.481 e. The van der Waals surface area contributed by atoms with Crippen molar-refractivity contribution in [2.24, 2.45) is 0 Å². The number of amides is 1. The molecule has 0 saturated heterocycles. The second kappa shape index (κ2) is 5.95. The number of carboxylic acid groups (broad SMARTS) is 2. The first kappa shape index (κ1) is 14.4. The quantitative estimate of drug-likeness (QED) is 0.721. The first-order valence-electron chi connectivity index (χ1n) is 5.94. The zero-order valence-electron chi connectivity index (χ0n) is 10.7. The number of nitrogens with one attached hydrogen (secondary N) is 1. The Hall–Kier alpha value is -3.03. The number of carboxylic acids is 2. The summed E-state index contributed by atoms with van der Waals surface area (Å²) in [6, 6.07) is 3.19. The third kappa shape index (κ3) is 3.30. The van der Waals surface area contributed by atoms with Crippen LogP contribution in [0, 0.1) is 0 Å². The molecule has 8 nitrogen and oxygen atoms in total. The molecule has 2 rings (SSSR count). The van der Waals surface area contributed by atoms with E-state index >= 15 is 0 Å². The van der Waals surface area contributed by atoms with Crippen LogP contribution >= 0.6 is 0 Å². The highest BCUT2D eigenvalue weighted by Gasteiger charge is 2.24. The first-order valence-corrected chi connectivity index (χ1v) is 5.94. The minimum atomic E-state index is -1.51. The number of nitrogens with zero attached hydrogens (tertiary/aromatic N) is 2. The zero-order valence-corrected chi connectivity index (χ0v) is 10.7. The van der Waals surface area contributed by atoms with Crippen molar-refractivity contribution in [2.45, 2.75) is 12.5 Å². The number of para-hydroxylation sites is 1. The van der Waals surface area contributed by atoms with Crippen LogP contribution < -0.4 is 5.32 Å². The average Bonchev–Trinajstić information content (AvgIpc) is 2.45. The van der Waals surface area contributed by atoms with Crippen molar-refractivity contribution in [3.05, 3.63) is 36.2 Å². The Balaban J connectivity index is 2.29. The third-order valence-electron chi connectivity index (χ3n) is 2.73. The molecule has 0 unspecified atom stereocenters. The molecule has 0 fully saturated rings. The van der Waals surface area contributed by atoms with Gasteiger partial charge in [-0.1, -0.05) is 6.07 Å². The maximum Gasteiger partial charge on any atom is 0.326 e. The summed E-state index contributed by atoms with van der Waals surface area (Å²) in [5.41, 5.74) is 0.935. The SMILES string of the molecule is O=C(O)C[C@H](NC(=O)c1cccc2nccnc12)C(=O)O. The van der Waals surface area contributed by atoms with Crippen molar-refractivity contribution < 1.29 is 24.6 Å². The fourth-order valence-corrected chi connectivity index (χ4v) is 1.79. The van der Waals surface area contributed by atoms with Crippen LogP contribution in [0.15, 0.2) is 30.6 Å². The van der Waals surface area contributed by atoms with Crippen LogP contribution in [-0.2, 0) is 9.59 Å². The van der Waals surface area contributed by atoms with Gasteiger partial charge in [-0.2, -0.15) is 0 Å². The maximum atomic E-state index is 12.1. The molecule has 1 heterocycles. The third-order valence-corrected chi connectivity index (χ3v) is 2.73. The van der Waals surface area contributed by atoms with Gasteiger partial charge in [-0.3, -0.25) is 19.6 Å². The summed E-state index contributed by atoms with van der Waals surface area (Å²) in [6.07, 6.45) is 2.16. The van der Waals surface area contributed by atoms with Gasteiger partial charge in [0.1, 0.15) is 11.6 Å². The molecule has 1 aromatic carbocycles. The van der Waals surface area contributed by atoms with E-state index in [0.29, 0.717) is 11.0 Å². The number of rotatable bonds is 5. The molecule has 0 aliphatic carbocycles. The topological polar surface area (TPSA) is 129 Å². The molecular formula is C13H11N3O5. The lowest BCUT2D eigenvalue weighted by atomic mass is 10.1. The van der Waals surface area contributed by atoms with Crippen LogP contribution in [0.2, 0.25) is 0 Å². The lowest BCUT2D eigenvalue weighted by Gasteiger charge is -2.13. The number of carbonyl (C=O) groups is 3. The predicted octanol–water partition coefficient (Wildman–Crippen LogP) is 0.287. The highest BCUT2D eigenvalue weighted by molar-refractivity contribution is 6.05.